The molecular formula is C12H9Cl2FN2O2S. The Morgan fingerprint density at radius 2 is 1.85 bits per heavy atom. The molecule has 0 unspecified atom stereocenters. The number of hydrogen-bond acceptors (Lipinski definition) is 3. The predicted molar refractivity (Wildman–Crippen MR) is 78.1 cm³/mol. The first-order valence-electron chi connectivity index (χ1n) is 5.32. The van der Waals surface area contributed by atoms with Crippen LogP contribution < -0.4 is 10.5 Å². The van der Waals surface area contributed by atoms with E-state index in [1.165, 1.54) is 12.1 Å². The van der Waals surface area contributed by atoms with Gasteiger partial charge in [0.1, 0.15) is 4.90 Å². The summed E-state index contributed by atoms with van der Waals surface area (Å²) in [5.41, 5.74) is 5.73. The number of nitrogens with one attached hydrogen (secondary N) is 1. The van der Waals surface area contributed by atoms with Gasteiger partial charge in [-0.15, -0.1) is 0 Å². The highest BCUT2D eigenvalue weighted by molar-refractivity contribution is 7.92. The van der Waals surface area contributed by atoms with E-state index >= 15 is 0 Å². The van der Waals surface area contributed by atoms with Gasteiger partial charge in [0, 0.05) is 10.7 Å². The van der Waals surface area contributed by atoms with Crippen molar-refractivity contribution in [1.82, 2.24) is 0 Å². The summed E-state index contributed by atoms with van der Waals surface area (Å²) in [4.78, 5) is -0.623. The van der Waals surface area contributed by atoms with Crippen LogP contribution in [-0.4, -0.2) is 8.42 Å². The second-order valence-corrected chi connectivity index (χ2v) is 6.43. The van der Waals surface area contributed by atoms with Crippen LogP contribution in [0.15, 0.2) is 41.3 Å². The molecule has 0 bridgehead atoms. The summed E-state index contributed by atoms with van der Waals surface area (Å²) in [6, 6.07) is 8.14. The predicted octanol–water partition coefficient (Wildman–Crippen LogP) is 3.52. The fourth-order valence-electron chi connectivity index (χ4n) is 1.54. The van der Waals surface area contributed by atoms with Crippen LogP contribution in [-0.2, 0) is 10.0 Å². The van der Waals surface area contributed by atoms with E-state index in [4.69, 9.17) is 28.9 Å². The zero-order valence-electron chi connectivity index (χ0n) is 9.90. The van der Waals surface area contributed by atoms with Crippen molar-refractivity contribution in [2.45, 2.75) is 4.90 Å². The van der Waals surface area contributed by atoms with Gasteiger partial charge in [0.25, 0.3) is 10.0 Å². The molecule has 8 heteroatoms. The first-order valence-corrected chi connectivity index (χ1v) is 7.56. The molecule has 3 N–H and O–H groups in total. The lowest BCUT2D eigenvalue weighted by molar-refractivity contribution is 0.571. The number of benzene rings is 2. The lowest BCUT2D eigenvalue weighted by atomic mass is 10.3. The fourth-order valence-corrected chi connectivity index (χ4v) is 3.20. The Morgan fingerprint density at radius 3 is 2.50 bits per heavy atom. The van der Waals surface area contributed by atoms with E-state index in [0.29, 0.717) is 5.02 Å². The second-order valence-electron chi connectivity index (χ2n) is 3.93. The molecule has 106 valence electrons. The van der Waals surface area contributed by atoms with Crippen molar-refractivity contribution >= 4 is 44.6 Å². The van der Waals surface area contributed by atoms with Crippen LogP contribution in [0.4, 0.5) is 15.8 Å². The highest BCUT2D eigenvalue weighted by Gasteiger charge is 2.22. The SMILES string of the molecule is Nc1cc(Cl)c(F)c(S(=O)(=O)Nc2cccc(Cl)c2)c1. The van der Waals surface area contributed by atoms with Gasteiger partial charge in [0.05, 0.1) is 10.7 Å². The quantitative estimate of drug-likeness (QED) is 0.843. The van der Waals surface area contributed by atoms with E-state index < -0.39 is 20.7 Å². The van der Waals surface area contributed by atoms with Crippen LogP contribution in [0.1, 0.15) is 0 Å². The molecule has 2 rings (SSSR count). The molecule has 0 saturated heterocycles. The lowest BCUT2D eigenvalue weighted by Crippen LogP contribution is -2.15. The molecule has 2 aromatic rings. The molecule has 0 aliphatic carbocycles. The van der Waals surface area contributed by atoms with Gasteiger partial charge in [-0.05, 0) is 30.3 Å². The monoisotopic (exact) mass is 334 g/mol. The summed E-state index contributed by atoms with van der Waals surface area (Å²) in [6.07, 6.45) is 0. The topological polar surface area (TPSA) is 72.2 Å². The zero-order valence-corrected chi connectivity index (χ0v) is 12.2. The molecule has 0 spiro atoms. The van der Waals surface area contributed by atoms with Crippen molar-refractivity contribution in [3.63, 3.8) is 0 Å². The number of sulfonamides is 1. The summed E-state index contributed by atoms with van der Waals surface area (Å²) in [5, 5.41) is -0.0206. The largest absolute Gasteiger partial charge is 0.399 e. The maximum atomic E-state index is 13.8. The first-order chi connectivity index (χ1) is 9.29. The van der Waals surface area contributed by atoms with E-state index in [9.17, 15) is 12.8 Å². The maximum absolute atomic E-state index is 13.8. The van der Waals surface area contributed by atoms with Crippen molar-refractivity contribution in [2.24, 2.45) is 0 Å². The highest BCUT2D eigenvalue weighted by Crippen LogP contribution is 2.27. The van der Waals surface area contributed by atoms with Gasteiger partial charge in [0.2, 0.25) is 0 Å². The Balaban J connectivity index is 2.46. The lowest BCUT2D eigenvalue weighted by Gasteiger charge is -2.10. The van der Waals surface area contributed by atoms with Crippen molar-refractivity contribution in [3.8, 4) is 0 Å². The third-order valence-corrected chi connectivity index (χ3v) is 4.27. The van der Waals surface area contributed by atoms with E-state index in [1.807, 2.05) is 0 Å². The molecule has 0 atom stereocenters. The van der Waals surface area contributed by atoms with Gasteiger partial charge >= 0.3 is 0 Å². The first kappa shape index (κ1) is 14.9. The number of nitrogen functional groups attached to an aromatic ring is 1. The number of halogens is 3. The summed E-state index contributed by atoms with van der Waals surface area (Å²) in [7, 11) is -4.15. The third kappa shape index (κ3) is 3.15. The minimum atomic E-state index is -4.15. The zero-order chi connectivity index (χ0) is 14.9. The Morgan fingerprint density at radius 1 is 1.15 bits per heavy atom. The second kappa shape index (κ2) is 5.47. The maximum Gasteiger partial charge on any atom is 0.264 e. The average molecular weight is 335 g/mol. The molecule has 4 nitrogen and oxygen atoms in total. The molecule has 2 aromatic carbocycles. The van der Waals surface area contributed by atoms with Gasteiger partial charge in [-0.25, -0.2) is 12.8 Å². The standard InChI is InChI=1S/C12H9Cl2FN2O2S/c13-7-2-1-3-9(4-7)17-20(18,19)11-6-8(16)5-10(14)12(11)15/h1-6,17H,16H2. The van der Waals surface area contributed by atoms with Crippen LogP contribution in [0, 0.1) is 5.82 Å². The molecule has 0 amide bonds. The van der Waals surface area contributed by atoms with Crippen LogP contribution in [0.5, 0.6) is 0 Å². The van der Waals surface area contributed by atoms with Gasteiger partial charge in [0.15, 0.2) is 5.82 Å². The molecule has 0 fully saturated rings. The molecule has 0 heterocycles. The third-order valence-electron chi connectivity index (χ3n) is 2.38. The van der Waals surface area contributed by atoms with Crippen molar-refractivity contribution < 1.29 is 12.8 Å². The average Bonchev–Trinajstić information content (AvgIpc) is 2.33. The number of hydrogen-bond donors (Lipinski definition) is 2. The number of anilines is 2. The Labute approximate surface area is 125 Å². The number of nitrogens with two attached hydrogens (primary N) is 1. The summed E-state index contributed by atoms with van der Waals surface area (Å²) in [5.74, 6) is -1.06. The van der Waals surface area contributed by atoms with Crippen LogP contribution in [0.25, 0.3) is 0 Å². The molecule has 0 radical (unpaired) electrons. The highest BCUT2D eigenvalue weighted by atomic mass is 35.5. The van der Waals surface area contributed by atoms with E-state index in [1.54, 1.807) is 12.1 Å². The van der Waals surface area contributed by atoms with Crippen molar-refractivity contribution in [2.75, 3.05) is 10.5 Å². The van der Waals surface area contributed by atoms with Crippen LogP contribution in [0.3, 0.4) is 0 Å². The van der Waals surface area contributed by atoms with Crippen molar-refractivity contribution in [3.05, 3.63) is 52.3 Å². The summed E-state index contributed by atoms with van der Waals surface area (Å²) < 4.78 is 40.3. The van der Waals surface area contributed by atoms with E-state index in [-0.39, 0.29) is 16.4 Å². The molecular weight excluding hydrogens is 326 g/mol. The Hall–Kier alpha value is -1.50. The molecule has 20 heavy (non-hydrogen) atoms. The van der Waals surface area contributed by atoms with E-state index in [2.05, 4.69) is 4.72 Å². The molecule has 0 aromatic heterocycles. The summed E-state index contributed by atoms with van der Waals surface area (Å²) in [6.45, 7) is 0. The minimum absolute atomic E-state index is 0.0443. The van der Waals surface area contributed by atoms with Crippen LogP contribution >= 0.6 is 23.2 Å². The Kier molecular flexibility index (Phi) is 4.08. The van der Waals surface area contributed by atoms with E-state index in [0.717, 1.165) is 12.1 Å². The number of rotatable bonds is 3. The van der Waals surface area contributed by atoms with Gasteiger partial charge < -0.3 is 5.73 Å². The minimum Gasteiger partial charge on any atom is -0.399 e. The van der Waals surface area contributed by atoms with Crippen molar-refractivity contribution in [1.29, 1.82) is 0 Å². The molecule has 0 aliphatic heterocycles. The van der Waals surface area contributed by atoms with Gasteiger partial charge in [-0.3, -0.25) is 4.72 Å². The van der Waals surface area contributed by atoms with Gasteiger partial charge in [-0.1, -0.05) is 29.3 Å². The smallest absolute Gasteiger partial charge is 0.264 e. The molecule has 0 saturated carbocycles. The van der Waals surface area contributed by atoms with Gasteiger partial charge in [-0.2, -0.15) is 0 Å². The Bertz CT molecular complexity index is 766. The fraction of sp³-hybridized carbons (Fsp3) is 0. The molecule has 0 aliphatic rings. The normalized spacial score (nSPS) is 11.3. The summed E-state index contributed by atoms with van der Waals surface area (Å²) >= 11 is 11.3. The van der Waals surface area contributed by atoms with Crippen LogP contribution in [0.2, 0.25) is 10.0 Å².